The van der Waals surface area contributed by atoms with Crippen molar-refractivity contribution in [2.75, 3.05) is 0 Å². The normalized spacial score (nSPS) is 11.5. The van der Waals surface area contributed by atoms with Crippen LogP contribution in [0.5, 0.6) is 0 Å². The number of hydrogen-bond donors (Lipinski definition) is 1. The van der Waals surface area contributed by atoms with Crippen LogP contribution in [0.2, 0.25) is 0 Å². The van der Waals surface area contributed by atoms with Gasteiger partial charge in [-0.15, -0.1) is 0 Å². The van der Waals surface area contributed by atoms with Crippen LogP contribution in [0.1, 0.15) is 77.6 Å². The summed E-state index contributed by atoms with van der Waals surface area (Å²) in [6.45, 7) is 2.24. The van der Waals surface area contributed by atoms with E-state index in [1.165, 1.54) is 38.5 Å². The molecular formula is C18H30O3. The maximum atomic E-state index is 10.8. The van der Waals surface area contributed by atoms with E-state index in [2.05, 4.69) is 25.2 Å². The van der Waals surface area contributed by atoms with Gasteiger partial charge in [-0.1, -0.05) is 63.3 Å². The van der Waals surface area contributed by atoms with Gasteiger partial charge in [0, 0.05) is 6.42 Å². The second-order valence-corrected chi connectivity index (χ2v) is 5.36. The fourth-order valence-electron chi connectivity index (χ4n) is 2.04. The molecule has 0 aromatic heterocycles. The maximum absolute atomic E-state index is 10.8. The summed E-state index contributed by atoms with van der Waals surface area (Å²) in [6.07, 6.45) is 20.1. The highest BCUT2D eigenvalue weighted by Gasteiger charge is 2.08. The van der Waals surface area contributed by atoms with Crippen LogP contribution in [0.3, 0.4) is 0 Å². The second kappa shape index (κ2) is 15.0. The predicted octanol–water partition coefficient (Wildman–Crippen LogP) is 5.06. The monoisotopic (exact) mass is 294 g/mol. The minimum absolute atomic E-state index is 0.132. The lowest BCUT2D eigenvalue weighted by Crippen LogP contribution is -2.11. The van der Waals surface area contributed by atoms with E-state index >= 15 is 0 Å². The molecule has 3 nitrogen and oxygen atoms in total. The Morgan fingerprint density at radius 2 is 1.38 bits per heavy atom. The number of hydrogen-bond acceptors (Lipinski definition) is 2. The lowest BCUT2D eigenvalue weighted by Gasteiger charge is -1.97. The van der Waals surface area contributed by atoms with Crippen molar-refractivity contribution in [3.63, 3.8) is 0 Å². The van der Waals surface area contributed by atoms with E-state index in [9.17, 15) is 9.59 Å². The number of carbonyl (C=O) groups excluding carboxylic acids is 1. The summed E-state index contributed by atoms with van der Waals surface area (Å²) < 4.78 is 0. The SMILES string of the molecule is CCCCCCCCC=CCC=CCCCC(=O)C(=O)O. The lowest BCUT2D eigenvalue weighted by molar-refractivity contribution is -0.149. The number of carboxylic acid groups (broad SMARTS) is 1. The highest BCUT2D eigenvalue weighted by Crippen LogP contribution is 2.07. The molecule has 0 aliphatic heterocycles. The maximum Gasteiger partial charge on any atom is 0.372 e. The molecule has 0 radical (unpaired) electrons. The van der Waals surface area contributed by atoms with Crippen molar-refractivity contribution >= 4 is 11.8 Å². The van der Waals surface area contributed by atoms with E-state index in [4.69, 9.17) is 5.11 Å². The molecule has 0 atom stereocenters. The van der Waals surface area contributed by atoms with Gasteiger partial charge in [-0.05, 0) is 32.1 Å². The van der Waals surface area contributed by atoms with Gasteiger partial charge in [-0.25, -0.2) is 4.79 Å². The zero-order valence-electron chi connectivity index (χ0n) is 13.4. The first kappa shape index (κ1) is 19.6. The van der Waals surface area contributed by atoms with E-state index in [1.807, 2.05) is 6.08 Å². The van der Waals surface area contributed by atoms with E-state index < -0.39 is 11.8 Å². The van der Waals surface area contributed by atoms with Crippen molar-refractivity contribution in [3.05, 3.63) is 24.3 Å². The van der Waals surface area contributed by atoms with E-state index in [1.54, 1.807) is 0 Å². The summed E-state index contributed by atoms with van der Waals surface area (Å²) in [4.78, 5) is 21.1. The second-order valence-electron chi connectivity index (χ2n) is 5.36. The van der Waals surface area contributed by atoms with Crippen molar-refractivity contribution in [2.45, 2.75) is 77.6 Å². The minimum atomic E-state index is -1.32. The summed E-state index contributed by atoms with van der Waals surface area (Å²) in [5, 5.41) is 8.41. The number of allylic oxidation sites excluding steroid dienone is 4. The number of carbonyl (C=O) groups is 2. The fourth-order valence-corrected chi connectivity index (χ4v) is 2.04. The lowest BCUT2D eigenvalue weighted by atomic mass is 10.1. The van der Waals surface area contributed by atoms with Gasteiger partial charge in [0.2, 0.25) is 5.78 Å². The molecule has 0 spiro atoms. The van der Waals surface area contributed by atoms with Gasteiger partial charge in [-0.3, -0.25) is 4.79 Å². The van der Waals surface area contributed by atoms with E-state index in [0.717, 1.165) is 19.3 Å². The molecule has 21 heavy (non-hydrogen) atoms. The highest BCUT2D eigenvalue weighted by atomic mass is 16.4. The molecule has 0 rings (SSSR count). The zero-order valence-corrected chi connectivity index (χ0v) is 13.4. The summed E-state index contributed by atoms with van der Waals surface area (Å²) in [5.74, 6) is -2.01. The van der Waals surface area contributed by atoms with Gasteiger partial charge in [0.05, 0.1) is 0 Å². The topological polar surface area (TPSA) is 54.4 Å². The third kappa shape index (κ3) is 14.8. The molecule has 0 amide bonds. The van der Waals surface area contributed by atoms with Crippen LogP contribution in [-0.2, 0) is 9.59 Å². The van der Waals surface area contributed by atoms with Gasteiger partial charge < -0.3 is 5.11 Å². The smallest absolute Gasteiger partial charge is 0.372 e. The van der Waals surface area contributed by atoms with Crippen LogP contribution in [-0.4, -0.2) is 16.9 Å². The third-order valence-electron chi connectivity index (χ3n) is 3.34. The molecule has 0 aliphatic carbocycles. The molecule has 0 heterocycles. The molecular weight excluding hydrogens is 264 g/mol. The highest BCUT2D eigenvalue weighted by molar-refractivity contribution is 6.32. The average Bonchev–Trinajstić information content (AvgIpc) is 2.47. The molecule has 0 aliphatic rings. The molecule has 1 N–H and O–H groups in total. The van der Waals surface area contributed by atoms with E-state index in [-0.39, 0.29) is 6.42 Å². The number of rotatable bonds is 14. The van der Waals surface area contributed by atoms with Gasteiger partial charge in [0.15, 0.2) is 0 Å². The average molecular weight is 294 g/mol. The number of aliphatic carboxylic acids is 1. The van der Waals surface area contributed by atoms with Crippen molar-refractivity contribution in [2.24, 2.45) is 0 Å². The Hall–Kier alpha value is -1.38. The van der Waals surface area contributed by atoms with Gasteiger partial charge in [0.1, 0.15) is 0 Å². The third-order valence-corrected chi connectivity index (χ3v) is 3.34. The summed E-state index contributed by atoms with van der Waals surface area (Å²) in [7, 11) is 0. The summed E-state index contributed by atoms with van der Waals surface area (Å²) >= 11 is 0. The van der Waals surface area contributed by atoms with Gasteiger partial charge in [0.25, 0.3) is 0 Å². The quantitative estimate of drug-likeness (QED) is 0.277. The van der Waals surface area contributed by atoms with Crippen molar-refractivity contribution in [3.8, 4) is 0 Å². The Morgan fingerprint density at radius 3 is 2.00 bits per heavy atom. The van der Waals surface area contributed by atoms with Crippen LogP contribution in [0.25, 0.3) is 0 Å². The van der Waals surface area contributed by atoms with Gasteiger partial charge >= 0.3 is 5.97 Å². The molecule has 0 aromatic rings. The number of ketones is 1. The summed E-state index contributed by atoms with van der Waals surface area (Å²) in [6, 6.07) is 0. The van der Waals surface area contributed by atoms with Crippen LogP contribution in [0, 0.1) is 0 Å². The first-order valence-corrected chi connectivity index (χ1v) is 8.24. The molecule has 120 valence electrons. The standard InChI is InChI=1S/C18H30O3/c1-2-3-4-5-6-7-8-9-10-11-12-13-14-15-16-17(19)18(20)21/h9-10,12-13H,2-8,11,14-16H2,1H3,(H,20,21). The van der Waals surface area contributed by atoms with Crippen molar-refractivity contribution in [1.82, 2.24) is 0 Å². The molecule has 0 saturated carbocycles. The van der Waals surface area contributed by atoms with Crippen molar-refractivity contribution < 1.29 is 14.7 Å². The van der Waals surface area contributed by atoms with Crippen molar-refractivity contribution in [1.29, 1.82) is 0 Å². The van der Waals surface area contributed by atoms with Crippen LogP contribution < -0.4 is 0 Å². The first-order valence-electron chi connectivity index (χ1n) is 8.24. The van der Waals surface area contributed by atoms with Crippen LogP contribution >= 0.6 is 0 Å². The van der Waals surface area contributed by atoms with Crippen LogP contribution in [0.15, 0.2) is 24.3 Å². The number of Topliss-reactive ketones (excluding diaryl/α,β-unsaturated/α-hetero) is 1. The molecule has 0 bridgehead atoms. The molecule has 3 heteroatoms. The Morgan fingerprint density at radius 1 is 0.810 bits per heavy atom. The molecule has 0 fully saturated rings. The van der Waals surface area contributed by atoms with E-state index in [0.29, 0.717) is 6.42 Å². The number of carboxylic acids is 1. The summed E-state index contributed by atoms with van der Waals surface area (Å²) in [5.41, 5.74) is 0. The predicted molar refractivity (Wildman–Crippen MR) is 87.4 cm³/mol. The Kier molecular flexibility index (Phi) is 14.0. The number of unbranched alkanes of at least 4 members (excludes halogenated alkanes) is 7. The largest absolute Gasteiger partial charge is 0.476 e. The van der Waals surface area contributed by atoms with Crippen LogP contribution in [0.4, 0.5) is 0 Å². The molecule has 0 unspecified atom stereocenters. The minimum Gasteiger partial charge on any atom is -0.476 e. The first-order chi connectivity index (χ1) is 10.2. The Bertz CT molecular complexity index is 329. The van der Waals surface area contributed by atoms with Gasteiger partial charge in [-0.2, -0.15) is 0 Å². The fraction of sp³-hybridized carbons (Fsp3) is 0.667. The molecule has 0 aromatic carbocycles. The Balaban J connectivity index is 3.32. The zero-order chi connectivity index (χ0) is 15.8. The molecule has 0 saturated heterocycles. The Labute approximate surface area is 129 Å².